The van der Waals surface area contributed by atoms with Crippen LogP contribution in [0, 0.1) is 3.57 Å². The van der Waals surface area contributed by atoms with Gasteiger partial charge in [-0.2, -0.15) is 13.2 Å². The number of alkyl halides is 3. The van der Waals surface area contributed by atoms with Crippen molar-refractivity contribution in [1.29, 1.82) is 0 Å². The molecule has 0 aliphatic rings. The third-order valence-electron chi connectivity index (χ3n) is 3.57. The van der Waals surface area contributed by atoms with E-state index >= 15 is 0 Å². The van der Waals surface area contributed by atoms with E-state index in [4.69, 9.17) is 10.6 Å². The predicted octanol–water partition coefficient (Wildman–Crippen LogP) is 4.89. The van der Waals surface area contributed by atoms with Crippen LogP contribution in [0.3, 0.4) is 0 Å². The van der Waals surface area contributed by atoms with E-state index in [2.05, 4.69) is 28.0 Å². The monoisotopic (exact) mass is 450 g/mol. The molecule has 0 saturated heterocycles. The molecule has 0 unspecified atom stereocenters. The van der Waals surface area contributed by atoms with Crippen LogP contribution in [0.15, 0.2) is 42.5 Å². The van der Waals surface area contributed by atoms with Crippen molar-refractivity contribution in [1.82, 2.24) is 5.43 Å². The van der Waals surface area contributed by atoms with E-state index in [-0.39, 0.29) is 23.8 Å². The minimum Gasteiger partial charge on any atom is -0.457 e. The molecule has 0 amide bonds. The molecule has 3 N–H and O–H groups in total. The zero-order chi connectivity index (χ0) is 17.7. The Morgan fingerprint density at radius 2 is 1.75 bits per heavy atom. The second-order valence-electron chi connectivity index (χ2n) is 5.48. The van der Waals surface area contributed by atoms with Crippen LogP contribution in [0.5, 0.6) is 11.5 Å². The molecule has 0 aliphatic carbocycles. The zero-order valence-electron chi connectivity index (χ0n) is 13.0. The Bertz CT molecular complexity index is 675. The Balaban J connectivity index is 2.23. The van der Waals surface area contributed by atoms with Gasteiger partial charge in [0, 0.05) is 9.61 Å². The third-order valence-corrected chi connectivity index (χ3v) is 4.29. The molecular weight excluding hydrogens is 432 g/mol. The summed E-state index contributed by atoms with van der Waals surface area (Å²) in [6.07, 6.45) is -3.64. The van der Waals surface area contributed by atoms with Gasteiger partial charge in [-0.05, 0) is 84.3 Å². The quantitative estimate of drug-likeness (QED) is 0.375. The summed E-state index contributed by atoms with van der Waals surface area (Å²) in [4.78, 5) is 0. The number of hydrogen-bond acceptors (Lipinski definition) is 3. The summed E-state index contributed by atoms with van der Waals surface area (Å²) < 4.78 is 46.5. The van der Waals surface area contributed by atoms with Crippen LogP contribution >= 0.6 is 22.6 Å². The first kappa shape index (κ1) is 19.0. The molecule has 0 spiro atoms. The second-order valence-corrected chi connectivity index (χ2v) is 6.72. The molecule has 0 aliphatic heterocycles. The fraction of sp³-hybridized carbons (Fsp3) is 0.294. The molecule has 1 atom stereocenters. The lowest BCUT2D eigenvalue weighted by Crippen LogP contribution is -2.32. The minimum atomic E-state index is -4.43. The predicted molar refractivity (Wildman–Crippen MR) is 95.8 cm³/mol. The van der Waals surface area contributed by atoms with Crippen LogP contribution in [0.4, 0.5) is 13.2 Å². The van der Waals surface area contributed by atoms with Crippen LogP contribution in [0.2, 0.25) is 0 Å². The molecule has 0 saturated carbocycles. The Hall–Kier alpha value is -1.32. The lowest BCUT2D eigenvalue weighted by molar-refractivity contribution is -0.138. The van der Waals surface area contributed by atoms with Crippen LogP contribution in [-0.4, -0.2) is 6.04 Å². The summed E-state index contributed by atoms with van der Waals surface area (Å²) >= 11 is 2.15. The molecule has 0 radical (unpaired) electrons. The average molecular weight is 450 g/mol. The maximum absolute atomic E-state index is 13.3. The first-order chi connectivity index (χ1) is 11.3. The van der Waals surface area contributed by atoms with Crippen LogP contribution in [-0.2, 0) is 12.6 Å². The molecule has 0 bridgehead atoms. The van der Waals surface area contributed by atoms with E-state index < -0.39 is 11.7 Å². The summed E-state index contributed by atoms with van der Waals surface area (Å²) in [5.74, 6) is 5.95. The van der Waals surface area contributed by atoms with Crippen LogP contribution < -0.4 is 16.0 Å². The van der Waals surface area contributed by atoms with Crippen molar-refractivity contribution in [3.05, 3.63) is 57.2 Å². The molecule has 24 heavy (non-hydrogen) atoms. The SMILES string of the molecule is C[C@H](CCc1ccc(Oc2ccc(I)cc2)cc1C(F)(F)F)NN. The number of benzene rings is 2. The normalized spacial score (nSPS) is 12.9. The first-order valence-electron chi connectivity index (χ1n) is 7.39. The fourth-order valence-corrected chi connectivity index (χ4v) is 2.55. The van der Waals surface area contributed by atoms with Crippen molar-refractivity contribution < 1.29 is 17.9 Å². The highest BCUT2D eigenvalue weighted by Gasteiger charge is 2.33. The van der Waals surface area contributed by atoms with Crippen molar-refractivity contribution in [3.63, 3.8) is 0 Å². The number of nitrogens with one attached hydrogen (secondary N) is 1. The van der Waals surface area contributed by atoms with Gasteiger partial charge in [-0.3, -0.25) is 11.3 Å². The standard InChI is InChI=1S/C17H18F3IN2O/c1-11(23-22)2-3-12-4-7-15(10-16(12)17(18,19)20)24-14-8-5-13(21)6-9-14/h4-11,23H,2-3,22H2,1H3/t11-/m1/s1. The van der Waals surface area contributed by atoms with Crippen molar-refractivity contribution >= 4 is 22.6 Å². The Labute approximate surface area is 152 Å². The largest absolute Gasteiger partial charge is 0.457 e. The summed E-state index contributed by atoms with van der Waals surface area (Å²) in [5, 5.41) is 0. The van der Waals surface area contributed by atoms with Gasteiger partial charge in [0.2, 0.25) is 0 Å². The van der Waals surface area contributed by atoms with E-state index in [0.29, 0.717) is 12.2 Å². The van der Waals surface area contributed by atoms with E-state index in [1.165, 1.54) is 6.07 Å². The minimum absolute atomic E-state index is 0.0613. The van der Waals surface area contributed by atoms with Gasteiger partial charge >= 0.3 is 6.18 Å². The molecule has 2 aromatic carbocycles. The summed E-state index contributed by atoms with van der Waals surface area (Å²) in [6.45, 7) is 1.82. The summed E-state index contributed by atoms with van der Waals surface area (Å²) in [7, 11) is 0. The molecular formula is C17H18F3IN2O. The molecule has 0 fully saturated rings. The average Bonchev–Trinajstić information content (AvgIpc) is 2.54. The zero-order valence-corrected chi connectivity index (χ0v) is 15.2. The van der Waals surface area contributed by atoms with Gasteiger partial charge in [0.15, 0.2) is 0 Å². The lowest BCUT2D eigenvalue weighted by atomic mass is 10.00. The van der Waals surface area contributed by atoms with E-state index in [9.17, 15) is 13.2 Å². The summed E-state index contributed by atoms with van der Waals surface area (Å²) in [5.41, 5.74) is 2.10. The molecule has 0 aromatic heterocycles. The Kier molecular flexibility index (Phi) is 6.47. The van der Waals surface area contributed by atoms with Crippen molar-refractivity contribution in [2.24, 2.45) is 5.84 Å². The second kappa shape index (κ2) is 8.17. The topological polar surface area (TPSA) is 47.3 Å². The van der Waals surface area contributed by atoms with Gasteiger partial charge in [-0.25, -0.2) is 0 Å². The lowest BCUT2D eigenvalue weighted by Gasteiger charge is -2.16. The van der Waals surface area contributed by atoms with E-state index in [0.717, 1.165) is 9.64 Å². The number of hydrazine groups is 1. The number of aryl methyl sites for hydroxylation is 1. The highest BCUT2D eigenvalue weighted by molar-refractivity contribution is 14.1. The Morgan fingerprint density at radius 1 is 1.12 bits per heavy atom. The van der Waals surface area contributed by atoms with Gasteiger partial charge in [0.1, 0.15) is 11.5 Å². The first-order valence-corrected chi connectivity index (χ1v) is 8.47. The number of ether oxygens (including phenoxy) is 1. The highest BCUT2D eigenvalue weighted by Crippen LogP contribution is 2.36. The van der Waals surface area contributed by atoms with Gasteiger partial charge in [0.25, 0.3) is 0 Å². The number of nitrogens with two attached hydrogens (primary N) is 1. The molecule has 0 heterocycles. The smallest absolute Gasteiger partial charge is 0.416 e. The van der Waals surface area contributed by atoms with Gasteiger partial charge in [0.05, 0.1) is 5.56 Å². The van der Waals surface area contributed by atoms with Gasteiger partial charge in [-0.15, -0.1) is 0 Å². The molecule has 2 aromatic rings. The van der Waals surface area contributed by atoms with E-state index in [1.807, 2.05) is 19.1 Å². The molecule has 3 nitrogen and oxygen atoms in total. The van der Waals surface area contributed by atoms with Crippen molar-refractivity contribution in [3.8, 4) is 11.5 Å². The van der Waals surface area contributed by atoms with Gasteiger partial charge in [-0.1, -0.05) is 6.07 Å². The maximum Gasteiger partial charge on any atom is 0.416 e. The van der Waals surface area contributed by atoms with Crippen molar-refractivity contribution in [2.75, 3.05) is 0 Å². The maximum atomic E-state index is 13.3. The van der Waals surface area contributed by atoms with Gasteiger partial charge < -0.3 is 4.74 Å². The van der Waals surface area contributed by atoms with Crippen LogP contribution in [0.1, 0.15) is 24.5 Å². The fourth-order valence-electron chi connectivity index (χ4n) is 2.20. The van der Waals surface area contributed by atoms with Crippen molar-refractivity contribution in [2.45, 2.75) is 32.0 Å². The van der Waals surface area contributed by atoms with Crippen LogP contribution in [0.25, 0.3) is 0 Å². The highest BCUT2D eigenvalue weighted by atomic mass is 127. The molecule has 2 rings (SSSR count). The number of halogens is 4. The Morgan fingerprint density at radius 3 is 2.33 bits per heavy atom. The number of rotatable bonds is 6. The summed E-state index contributed by atoms with van der Waals surface area (Å²) in [6, 6.07) is 11.1. The number of hydrogen-bond donors (Lipinski definition) is 2. The van der Waals surface area contributed by atoms with E-state index in [1.54, 1.807) is 18.2 Å². The molecule has 7 heteroatoms. The third kappa shape index (κ3) is 5.35. The molecule has 130 valence electrons.